The highest BCUT2D eigenvalue weighted by molar-refractivity contribution is 7.08. The Morgan fingerprint density at radius 1 is 1.21 bits per heavy atom. The topological polar surface area (TPSA) is 58.6 Å². The SMILES string of the molecule is CC1=C(C)C(OC=C2C(=O)NC3c4ccccc4CC23)N(c2ccsc2)C1=O. The summed E-state index contributed by atoms with van der Waals surface area (Å²) in [6.07, 6.45) is 1.87. The van der Waals surface area contributed by atoms with E-state index in [-0.39, 0.29) is 23.8 Å². The first-order valence-corrected chi connectivity index (χ1v) is 10.3. The average molecular weight is 392 g/mol. The molecule has 2 aromatic rings. The molecule has 2 amide bonds. The van der Waals surface area contributed by atoms with Crippen LogP contribution in [-0.2, 0) is 20.7 Å². The fraction of sp³-hybridized carbons (Fsp3) is 0.273. The first-order valence-electron chi connectivity index (χ1n) is 9.33. The minimum atomic E-state index is -0.523. The van der Waals surface area contributed by atoms with E-state index in [0.717, 1.165) is 17.7 Å². The summed E-state index contributed by atoms with van der Waals surface area (Å²) in [6, 6.07) is 10.1. The largest absolute Gasteiger partial charge is 0.473 e. The van der Waals surface area contributed by atoms with Gasteiger partial charge in [0.2, 0.25) is 6.23 Å². The van der Waals surface area contributed by atoms with E-state index < -0.39 is 6.23 Å². The maximum absolute atomic E-state index is 12.7. The second kappa shape index (κ2) is 6.34. The number of rotatable bonds is 3. The lowest BCUT2D eigenvalue weighted by Gasteiger charge is -2.25. The Balaban J connectivity index is 1.44. The van der Waals surface area contributed by atoms with Crippen LogP contribution in [0.2, 0.25) is 0 Å². The van der Waals surface area contributed by atoms with Crippen LogP contribution in [0.3, 0.4) is 0 Å². The fourth-order valence-corrected chi connectivity index (χ4v) is 5.01. The van der Waals surface area contributed by atoms with Crippen molar-refractivity contribution < 1.29 is 14.3 Å². The van der Waals surface area contributed by atoms with Crippen LogP contribution < -0.4 is 10.2 Å². The van der Waals surface area contributed by atoms with E-state index in [1.165, 1.54) is 22.5 Å². The normalized spacial score (nSPS) is 27.4. The van der Waals surface area contributed by atoms with Crippen molar-refractivity contribution in [3.05, 3.63) is 75.2 Å². The van der Waals surface area contributed by atoms with Crippen molar-refractivity contribution in [3.8, 4) is 0 Å². The van der Waals surface area contributed by atoms with Gasteiger partial charge in [0.1, 0.15) is 0 Å². The Morgan fingerprint density at radius 2 is 2.04 bits per heavy atom. The molecular formula is C22H20N2O3S. The lowest BCUT2D eigenvalue weighted by molar-refractivity contribution is -0.116. The number of carbonyl (C=O) groups excluding carboxylic acids is 2. The molecule has 5 nitrogen and oxygen atoms in total. The zero-order valence-electron chi connectivity index (χ0n) is 15.6. The third-order valence-corrected chi connectivity index (χ3v) is 6.70. The molecule has 3 atom stereocenters. The summed E-state index contributed by atoms with van der Waals surface area (Å²) >= 11 is 1.53. The number of anilines is 1. The van der Waals surface area contributed by atoms with Gasteiger partial charge >= 0.3 is 0 Å². The molecule has 5 rings (SSSR count). The summed E-state index contributed by atoms with van der Waals surface area (Å²) in [5, 5.41) is 6.95. The van der Waals surface area contributed by atoms with Crippen molar-refractivity contribution in [2.24, 2.45) is 5.92 Å². The van der Waals surface area contributed by atoms with Gasteiger partial charge in [0.25, 0.3) is 11.8 Å². The zero-order chi connectivity index (χ0) is 19.4. The number of ether oxygens (including phenoxy) is 1. The van der Waals surface area contributed by atoms with Gasteiger partial charge in [-0.1, -0.05) is 24.3 Å². The van der Waals surface area contributed by atoms with E-state index in [9.17, 15) is 9.59 Å². The molecule has 0 spiro atoms. The van der Waals surface area contributed by atoms with E-state index in [1.807, 2.05) is 42.8 Å². The second-order valence-electron chi connectivity index (χ2n) is 7.49. The van der Waals surface area contributed by atoms with Gasteiger partial charge in [-0.05, 0) is 48.4 Å². The van der Waals surface area contributed by atoms with Crippen LogP contribution in [-0.4, -0.2) is 18.0 Å². The van der Waals surface area contributed by atoms with Gasteiger partial charge in [0.15, 0.2) is 0 Å². The molecule has 1 aliphatic carbocycles. The predicted octanol–water partition coefficient (Wildman–Crippen LogP) is 3.70. The number of benzene rings is 1. The molecule has 1 aromatic heterocycles. The molecule has 2 aliphatic heterocycles. The molecule has 3 aliphatic rings. The highest BCUT2D eigenvalue weighted by Crippen LogP contribution is 2.44. The molecule has 0 saturated carbocycles. The average Bonchev–Trinajstić information content (AvgIpc) is 3.43. The maximum Gasteiger partial charge on any atom is 0.257 e. The Morgan fingerprint density at radius 3 is 2.82 bits per heavy atom. The fourth-order valence-electron chi connectivity index (χ4n) is 4.38. The van der Waals surface area contributed by atoms with E-state index in [2.05, 4.69) is 17.4 Å². The van der Waals surface area contributed by atoms with Gasteiger partial charge in [-0.2, -0.15) is 11.3 Å². The Bertz CT molecular complexity index is 1040. The summed E-state index contributed by atoms with van der Waals surface area (Å²) in [5.41, 5.74) is 5.49. The summed E-state index contributed by atoms with van der Waals surface area (Å²) in [5.74, 6) is -0.0717. The lowest BCUT2D eigenvalue weighted by atomic mass is 9.97. The van der Waals surface area contributed by atoms with Crippen LogP contribution in [0.15, 0.2) is 64.1 Å². The molecule has 1 fully saturated rings. The first-order chi connectivity index (χ1) is 13.6. The monoisotopic (exact) mass is 392 g/mol. The van der Waals surface area contributed by atoms with Crippen molar-refractivity contribution in [1.82, 2.24) is 5.32 Å². The standard InChI is InChI=1S/C22H20N2O3S/c1-12-13(2)22(24(21(12)26)15-7-8-28-11-15)27-10-18-17-9-14-5-3-4-6-16(14)19(17)23-20(18)25/h3-8,10-11,17,19,22H,9H2,1-2H3,(H,23,25). The van der Waals surface area contributed by atoms with Gasteiger partial charge in [-0.25, -0.2) is 0 Å². The molecule has 28 heavy (non-hydrogen) atoms. The Labute approximate surface area is 167 Å². The molecular weight excluding hydrogens is 372 g/mol. The van der Waals surface area contributed by atoms with Gasteiger partial charge in [-0.3, -0.25) is 14.5 Å². The van der Waals surface area contributed by atoms with Crippen LogP contribution in [0.25, 0.3) is 0 Å². The number of nitrogens with zero attached hydrogens (tertiary/aromatic N) is 1. The number of fused-ring (bicyclic) bond motifs is 3. The van der Waals surface area contributed by atoms with E-state index in [4.69, 9.17) is 4.74 Å². The van der Waals surface area contributed by atoms with Crippen molar-refractivity contribution in [2.75, 3.05) is 4.90 Å². The molecule has 6 heteroatoms. The van der Waals surface area contributed by atoms with Crippen LogP contribution in [0.1, 0.15) is 31.0 Å². The number of thiophene rings is 1. The molecule has 1 saturated heterocycles. The van der Waals surface area contributed by atoms with Crippen LogP contribution in [0.5, 0.6) is 0 Å². The maximum atomic E-state index is 12.7. The van der Waals surface area contributed by atoms with Crippen LogP contribution in [0.4, 0.5) is 5.69 Å². The number of hydrogen-bond acceptors (Lipinski definition) is 4. The van der Waals surface area contributed by atoms with Crippen LogP contribution >= 0.6 is 11.3 Å². The van der Waals surface area contributed by atoms with Crippen molar-refractivity contribution in [3.63, 3.8) is 0 Å². The molecule has 3 heterocycles. The van der Waals surface area contributed by atoms with E-state index in [1.54, 1.807) is 11.2 Å². The van der Waals surface area contributed by atoms with Crippen molar-refractivity contribution in [2.45, 2.75) is 32.5 Å². The number of hydrogen-bond donors (Lipinski definition) is 1. The Hall–Kier alpha value is -2.86. The highest BCUT2D eigenvalue weighted by Gasteiger charge is 2.44. The quantitative estimate of drug-likeness (QED) is 0.640. The summed E-state index contributed by atoms with van der Waals surface area (Å²) in [7, 11) is 0. The molecule has 0 bridgehead atoms. The van der Waals surface area contributed by atoms with Gasteiger partial charge < -0.3 is 10.1 Å². The smallest absolute Gasteiger partial charge is 0.257 e. The third-order valence-electron chi connectivity index (χ3n) is 6.02. The van der Waals surface area contributed by atoms with E-state index >= 15 is 0 Å². The molecule has 1 N–H and O–H groups in total. The molecule has 3 unspecified atom stereocenters. The Kier molecular flexibility index (Phi) is 3.91. The summed E-state index contributed by atoms with van der Waals surface area (Å²) in [4.78, 5) is 26.9. The van der Waals surface area contributed by atoms with Gasteiger partial charge in [0.05, 0.1) is 23.6 Å². The molecule has 1 aromatic carbocycles. The minimum absolute atomic E-state index is 0.00936. The number of carbonyl (C=O) groups is 2. The van der Waals surface area contributed by atoms with Crippen LogP contribution in [0, 0.1) is 5.92 Å². The number of nitrogens with one attached hydrogen (secondary N) is 1. The van der Waals surface area contributed by atoms with E-state index in [0.29, 0.717) is 11.1 Å². The highest BCUT2D eigenvalue weighted by atomic mass is 32.1. The first kappa shape index (κ1) is 17.3. The number of amides is 2. The molecule has 0 radical (unpaired) electrons. The minimum Gasteiger partial charge on any atom is -0.473 e. The summed E-state index contributed by atoms with van der Waals surface area (Å²) in [6.45, 7) is 3.73. The molecule has 142 valence electrons. The lowest BCUT2D eigenvalue weighted by Crippen LogP contribution is -2.36. The van der Waals surface area contributed by atoms with Crippen molar-refractivity contribution in [1.29, 1.82) is 0 Å². The third kappa shape index (κ3) is 2.44. The second-order valence-corrected chi connectivity index (χ2v) is 8.27. The van der Waals surface area contributed by atoms with Gasteiger partial charge in [-0.15, -0.1) is 0 Å². The van der Waals surface area contributed by atoms with Gasteiger partial charge in [0, 0.05) is 16.9 Å². The summed E-state index contributed by atoms with van der Waals surface area (Å²) < 4.78 is 6.08. The predicted molar refractivity (Wildman–Crippen MR) is 108 cm³/mol. The van der Waals surface area contributed by atoms with Crippen molar-refractivity contribution >= 4 is 28.8 Å². The zero-order valence-corrected chi connectivity index (χ0v) is 16.5.